The van der Waals surface area contributed by atoms with Crippen molar-refractivity contribution >= 4 is 38.4 Å². The van der Waals surface area contributed by atoms with Gasteiger partial charge < -0.3 is 10.1 Å². The van der Waals surface area contributed by atoms with Crippen LogP contribution in [0.15, 0.2) is 18.2 Å². The Bertz CT molecular complexity index is 484. The van der Waals surface area contributed by atoms with Crippen LogP contribution in [-0.4, -0.2) is 30.1 Å². The number of rotatable bonds is 6. The minimum absolute atomic E-state index is 0.698. The molecule has 0 atom stereocenters. The zero-order valence-corrected chi connectivity index (χ0v) is 11.7. The summed E-state index contributed by atoms with van der Waals surface area (Å²) in [7, 11) is 0. The van der Waals surface area contributed by atoms with E-state index in [0.717, 1.165) is 28.7 Å². The number of hydrogen-bond acceptors (Lipinski definition) is 5. The minimum Gasteiger partial charge on any atom is -0.494 e. The first-order valence-electron chi connectivity index (χ1n) is 5.59. The maximum Gasteiger partial charge on any atom is 0.183 e. The van der Waals surface area contributed by atoms with Gasteiger partial charge in [0.1, 0.15) is 5.75 Å². The van der Waals surface area contributed by atoms with Crippen molar-refractivity contribution in [2.45, 2.75) is 6.92 Å². The van der Waals surface area contributed by atoms with Crippen LogP contribution in [0.2, 0.25) is 0 Å². The molecule has 0 fully saturated rings. The molecular weight excluding hydrogens is 252 g/mol. The van der Waals surface area contributed by atoms with E-state index in [2.05, 4.69) is 22.6 Å². The lowest BCUT2D eigenvalue weighted by Gasteiger charge is -2.00. The Morgan fingerprint density at radius 1 is 1.47 bits per heavy atom. The summed E-state index contributed by atoms with van der Waals surface area (Å²) in [4.78, 5) is 4.53. The van der Waals surface area contributed by atoms with Gasteiger partial charge in [-0.15, -0.1) is 0 Å². The predicted molar refractivity (Wildman–Crippen MR) is 77.7 cm³/mol. The SMILES string of the molecule is CCOc1ccc2nc(NCCSC)sc2c1. The summed E-state index contributed by atoms with van der Waals surface area (Å²) >= 11 is 3.51. The number of nitrogens with zero attached hydrogens (tertiary/aromatic N) is 1. The highest BCUT2D eigenvalue weighted by molar-refractivity contribution is 7.98. The Morgan fingerprint density at radius 2 is 2.35 bits per heavy atom. The molecule has 0 spiro atoms. The van der Waals surface area contributed by atoms with E-state index in [1.165, 1.54) is 4.70 Å². The molecule has 1 aromatic heterocycles. The van der Waals surface area contributed by atoms with E-state index < -0.39 is 0 Å². The molecule has 2 rings (SSSR count). The maximum absolute atomic E-state index is 5.48. The molecule has 17 heavy (non-hydrogen) atoms. The van der Waals surface area contributed by atoms with Crippen molar-refractivity contribution < 1.29 is 4.74 Å². The molecule has 2 aromatic rings. The van der Waals surface area contributed by atoms with Gasteiger partial charge in [0.25, 0.3) is 0 Å². The molecule has 1 heterocycles. The Hall–Kier alpha value is -0.940. The number of nitrogens with one attached hydrogen (secondary N) is 1. The molecule has 92 valence electrons. The van der Waals surface area contributed by atoms with E-state index in [9.17, 15) is 0 Å². The number of anilines is 1. The topological polar surface area (TPSA) is 34.1 Å². The Morgan fingerprint density at radius 3 is 3.12 bits per heavy atom. The summed E-state index contributed by atoms with van der Waals surface area (Å²) in [6, 6.07) is 6.03. The fourth-order valence-electron chi connectivity index (χ4n) is 1.50. The van der Waals surface area contributed by atoms with Crippen LogP contribution in [0.3, 0.4) is 0 Å². The third kappa shape index (κ3) is 3.26. The number of hydrogen-bond donors (Lipinski definition) is 1. The number of aromatic nitrogens is 1. The summed E-state index contributed by atoms with van der Waals surface area (Å²) < 4.78 is 6.65. The van der Waals surface area contributed by atoms with Crippen LogP contribution >= 0.6 is 23.1 Å². The fraction of sp³-hybridized carbons (Fsp3) is 0.417. The highest BCUT2D eigenvalue weighted by Gasteiger charge is 2.04. The normalized spacial score (nSPS) is 10.7. The zero-order valence-electron chi connectivity index (χ0n) is 10.0. The predicted octanol–water partition coefficient (Wildman–Crippen LogP) is 3.47. The van der Waals surface area contributed by atoms with Gasteiger partial charge in [-0.25, -0.2) is 4.98 Å². The van der Waals surface area contributed by atoms with Crippen molar-refractivity contribution in [1.82, 2.24) is 4.98 Å². The molecule has 5 heteroatoms. The summed E-state index contributed by atoms with van der Waals surface area (Å²) in [6.45, 7) is 3.65. The number of benzene rings is 1. The average Bonchev–Trinajstić information content (AvgIpc) is 2.72. The van der Waals surface area contributed by atoms with Crippen LogP contribution < -0.4 is 10.1 Å². The van der Waals surface area contributed by atoms with Crippen molar-refractivity contribution in [3.8, 4) is 5.75 Å². The van der Waals surface area contributed by atoms with Crippen molar-refractivity contribution in [3.05, 3.63) is 18.2 Å². The van der Waals surface area contributed by atoms with Gasteiger partial charge in [-0.2, -0.15) is 11.8 Å². The van der Waals surface area contributed by atoms with Crippen LogP contribution in [-0.2, 0) is 0 Å². The molecule has 0 bridgehead atoms. The van der Waals surface area contributed by atoms with Gasteiger partial charge in [0.2, 0.25) is 0 Å². The molecule has 1 N–H and O–H groups in total. The van der Waals surface area contributed by atoms with E-state index in [-0.39, 0.29) is 0 Å². The van der Waals surface area contributed by atoms with Crippen molar-refractivity contribution in [3.63, 3.8) is 0 Å². The second kappa shape index (κ2) is 6.12. The van der Waals surface area contributed by atoms with Crippen LogP contribution in [0.1, 0.15) is 6.92 Å². The van der Waals surface area contributed by atoms with Gasteiger partial charge in [-0.3, -0.25) is 0 Å². The number of thiazole rings is 1. The highest BCUT2D eigenvalue weighted by Crippen LogP contribution is 2.29. The van der Waals surface area contributed by atoms with Crippen LogP contribution in [0.4, 0.5) is 5.13 Å². The van der Waals surface area contributed by atoms with Crippen molar-refractivity contribution in [2.24, 2.45) is 0 Å². The number of ether oxygens (including phenoxy) is 1. The van der Waals surface area contributed by atoms with Crippen molar-refractivity contribution in [2.75, 3.05) is 30.5 Å². The lowest BCUT2D eigenvalue weighted by Crippen LogP contribution is -2.02. The molecule has 0 aliphatic heterocycles. The first kappa shape index (κ1) is 12.5. The van der Waals surface area contributed by atoms with Crippen LogP contribution in [0.5, 0.6) is 5.75 Å². The van der Waals surface area contributed by atoms with Crippen molar-refractivity contribution in [1.29, 1.82) is 0 Å². The van der Waals surface area contributed by atoms with Crippen LogP contribution in [0, 0.1) is 0 Å². The molecule has 0 amide bonds. The number of thioether (sulfide) groups is 1. The van der Waals surface area contributed by atoms with Gasteiger partial charge in [-0.05, 0) is 31.4 Å². The third-order valence-corrected chi connectivity index (χ3v) is 3.84. The fourth-order valence-corrected chi connectivity index (χ4v) is 2.72. The monoisotopic (exact) mass is 268 g/mol. The zero-order chi connectivity index (χ0) is 12.1. The second-order valence-corrected chi connectivity index (χ2v) is 5.52. The number of fused-ring (bicyclic) bond motifs is 1. The average molecular weight is 268 g/mol. The van der Waals surface area contributed by atoms with Gasteiger partial charge in [0.05, 0.1) is 16.8 Å². The molecule has 0 unspecified atom stereocenters. The summed E-state index contributed by atoms with van der Waals surface area (Å²) in [5.74, 6) is 2.01. The molecule has 3 nitrogen and oxygen atoms in total. The van der Waals surface area contributed by atoms with E-state index in [1.54, 1.807) is 11.3 Å². The maximum atomic E-state index is 5.48. The summed E-state index contributed by atoms with van der Waals surface area (Å²) in [5.41, 5.74) is 1.03. The van der Waals surface area contributed by atoms with E-state index >= 15 is 0 Å². The lowest BCUT2D eigenvalue weighted by molar-refractivity contribution is 0.341. The Kier molecular flexibility index (Phi) is 4.50. The first-order valence-corrected chi connectivity index (χ1v) is 7.80. The first-order chi connectivity index (χ1) is 8.33. The lowest BCUT2D eigenvalue weighted by atomic mass is 10.3. The molecule has 0 saturated heterocycles. The van der Waals surface area contributed by atoms with E-state index in [1.807, 2.05) is 30.8 Å². The Balaban J connectivity index is 2.12. The van der Waals surface area contributed by atoms with Gasteiger partial charge in [0, 0.05) is 12.3 Å². The Labute approximate surface area is 110 Å². The quantitative estimate of drug-likeness (QED) is 0.813. The van der Waals surface area contributed by atoms with Gasteiger partial charge in [0.15, 0.2) is 5.13 Å². The van der Waals surface area contributed by atoms with E-state index in [0.29, 0.717) is 6.61 Å². The molecule has 0 aliphatic rings. The summed E-state index contributed by atoms with van der Waals surface area (Å²) in [6.07, 6.45) is 2.11. The largest absolute Gasteiger partial charge is 0.494 e. The summed E-state index contributed by atoms with van der Waals surface area (Å²) in [5, 5.41) is 4.32. The minimum atomic E-state index is 0.698. The highest BCUT2D eigenvalue weighted by atomic mass is 32.2. The van der Waals surface area contributed by atoms with E-state index in [4.69, 9.17) is 4.74 Å². The smallest absolute Gasteiger partial charge is 0.183 e. The molecule has 0 aliphatic carbocycles. The molecule has 0 saturated carbocycles. The second-order valence-electron chi connectivity index (χ2n) is 3.50. The molecule has 0 radical (unpaired) electrons. The van der Waals surface area contributed by atoms with Gasteiger partial charge >= 0.3 is 0 Å². The molecule has 1 aromatic carbocycles. The molecular formula is C12H16N2OS2. The third-order valence-electron chi connectivity index (χ3n) is 2.25. The van der Waals surface area contributed by atoms with Gasteiger partial charge in [-0.1, -0.05) is 11.3 Å². The van der Waals surface area contributed by atoms with Crippen LogP contribution in [0.25, 0.3) is 10.2 Å². The standard InChI is InChI=1S/C12H16N2OS2/c1-3-15-9-4-5-10-11(8-9)17-12(14-10)13-6-7-16-2/h4-5,8H,3,6-7H2,1-2H3,(H,13,14).